The molecule has 0 radical (unpaired) electrons. The second-order valence-corrected chi connectivity index (χ2v) is 3.45. The van der Waals surface area contributed by atoms with Crippen LogP contribution in [0.25, 0.3) is 6.08 Å². The molecule has 82 valence electrons. The zero-order chi connectivity index (χ0) is 11.2. The van der Waals surface area contributed by atoms with Crippen LogP contribution in [0.4, 0.5) is 0 Å². The summed E-state index contributed by atoms with van der Waals surface area (Å²) in [6.07, 6.45) is 8.52. The monoisotopic (exact) mass is 215 g/mol. The summed E-state index contributed by atoms with van der Waals surface area (Å²) < 4.78 is 1.79. The van der Waals surface area contributed by atoms with Gasteiger partial charge >= 0.3 is 0 Å². The predicted molar refractivity (Wildman–Crippen MR) is 61.8 cm³/mol. The van der Waals surface area contributed by atoms with Gasteiger partial charge in [-0.3, -0.25) is 4.68 Å². The molecular formula is C12H13N3O. The molecule has 0 amide bonds. The van der Waals surface area contributed by atoms with Crippen LogP contribution in [0.3, 0.4) is 0 Å². The Hall–Kier alpha value is -2.10. The van der Waals surface area contributed by atoms with Crippen molar-refractivity contribution in [3.05, 3.63) is 48.3 Å². The summed E-state index contributed by atoms with van der Waals surface area (Å²) in [5, 5.41) is 16.7. The van der Waals surface area contributed by atoms with Crippen LogP contribution in [0.15, 0.2) is 42.7 Å². The molecule has 0 spiro atoms. The molecule has 0 saturated heterocycles. The van der Waals surface area contributed by atoms with Crippen LogP contribution in [-0.4, -0.2) is 20.1 Å². The van der Waals surface area contributed by atoms with Gasteiger partial charge in [-0.1, -0.05) is 29.5 Å². The SMILES string of the molecule is Oc1ccc(/C=C/CCn2ccnn2)cc1. The van der Waals surface area contributed by atoms with Gasteiger partial charge in [-0.15, -0.1) is 5.10 Å². The number of benzene rings is 1. The fourth-order valence-electron chi connectivity index (χ4n) is 1.36. The van der Waals surface area contributed by atoms with Crippen LogP contribution in [-0.2, 0) is 6.54 Å². The van der Waals surface area contributed by atoms with E-state index in [1.807, 2.05) is 24.4 Å². The van der Waals surface area contributed by atoms with E-state index in [0.29, 0.717) is 5.75 Å². The van der Waals surface area contributed by atoms with Crippen LogP contribution in [0.1, 0.15) is 12.0 Å². The molecular weight excluding hydrogens is 202 g/mol. The van der Waals surface area contributed by atoms with E-state index in [2.05, 4.69) is 16.4 Å². The van der Waals surface area contributed by atoms with E-state index in [9.17, 15) is 0 Å². The number of aromatic hydroxyl groups is 1. The average molecular weight is 215 g/mol. The van der Waals surface area contributed by atoms with Gasteiger partial charge in [0.05, 0.1) is 6.20 Å². The Morgan fingerprint density at radius 2 is 2.06 bits per heavy atom. The van der Waals surface area contributed by atoms with Gasteiger partial charge in [0.2, 0.25) is 0 Å². The van der Waals surface area contributed by atoms with E-state index >= 15 is 0 Å². The lowest BCUT2D eigenvalue weighted by molar-refractivity contribution is 0.475. The van der Waals surface area contributed by atoms with Gasteiger partial charge in [-0.2, -0.15) is 0 Å². The highest BCUT2D eigenvalue weighted by molar-refractivity contribution is 5.50. The molecule has 0 atom stereocenters. The van der Waals surface area contributed by atoms with E-state index < -0.39 is 0 Å². The lowest BCUT2D eigenvalue weighted by atomic mass is 10.2. The molecule has 0 unspecified atom stereocenters. The molecule has 2 aromatic rings. The van der Waals surface area contributed by atoms with Crippen LogP contribution < -0.4 is 0 Å². The third-order valence-corrected chi connectivity index (χ3v) is 2.20. The van der Waals surface area contributed by atoms with Crippen molar-refractivity contribution in [2.75, 3.05) is 0 Å². The van der Waals surface area contributed by atoms with Crippen LogP contribution >= 0.6 is 0 Å². The van der Waals surface area contributed by atoms with E-state index in [4.69, 9.17) is 5.11 Å². The first-order valence-corrected chi connectivity index (χ1v) is 5.14. The van der Waals surface area contributed by atoms with Gasteiger partial charge in [0.25, 0.3) is 0 Å². The molecule has 0 saturated carbocycles. The average Bonchev–Trinajstić information content (AvgIpc) is 2.80. The number of allylic oxidation sites excluding steroid dienone is 1. The first-order valence-electron chi connectivity index (χ1n) is 5.14. The molecule has 1 aromatic carbocycles. The number of aryl methyl sites for hydroxylation is 1. The van der Waals surface area contributed by atoms with Crippen molar-refractivity contribution in [3.8, 4) is 5.75 Å². The third kappa shape index (κ3) is 2.95. The fraction of sp³-hybridized carbons (Fsp3) is 0.167. The van der Waals surface area contributed by atoms with Crippen LogP contribution in [0.2, 0.25) is 0 Å². The predicted octanol–water partition coefficient (Wildman–Crippen LogP) is 2.09. The second kappa shape index (κ2) is 5.11. The minimum Gasteiger partial charge on any atom is -0.508 e. The number of phenols is 1. The lowest BCUT2D eigenvalue weighted by Crippen LogP contribution is -1.97. The summed E-state index contributed by atoms with van der Waals surface area (Å²) in [4.78, 5) is 0. The van der Waals surface area contributed by atoms with Crippen molar-refractivity contribution in [2.45, 2.75) is 13.0 Å². The summed E-state index contributed by atoms with van der Waals surface area (Å²) in [7, 11) is 0. The topological polar surface area (TPSA) is 50.9 Å². The maximum Gasteiger partial charge on any atom is 0.115 e. The van der Waals surface area contributed by atoms with Gasteiger partial charge in [0, 0.05) is 12.7 Å². The van der Waals surface area contributed by atoms with E-state index in [1.165, 1.54) is 0 Å². The summed E-state index contributed by atoms with van der Waals surface area (Å²) in [6, 6.07) is 7.11. The zero-order valence-corrected chi connectivity index (χ0v) is 8.82. The number of hydrogen-bond acceptors (Lipinski definition) is 3. The minimum absolute atomic E-state index is 0.291. The highest BCUT2D eigenvalue weighted by Crippen LogP contribution is 2.10. The highest BCUT2D eigenvalue weighted by atomic mass is 16.3. The van der Waals surface area contributed by atoms with Crippen molar-refractivity contribution in [2.24, 2.45) is 0 Å². The standard InChI is InChI=1S/C12H13N3O/c16-12-6-4-11(5-7-12)3-1-2-9-15-10-8-13-14-15/h1,3-8,10,16H,2,9H2/b3-1+. The molecule has 1 heterocycles. The van der Waals surface area contributed by atoms with Gasteiger partial charge in [-0.25, -0.2) is 0 Å². The maximum absolute atomic E-state index is 9.11. The first kappa shape index (κ1) is 10.4. The molecule has 4 nitrogen and oxygen atoms in total. The summed E-state index contributed by atoms with van der Waals surface area (Å²) in [5.74, 6) is 0.291. The van der Waals surface area contributed by atoms with Crippen molar-refractivity contribution in [1.29, 1.82) is 0 Å². The molecule has 0 fully saturated rings. The number of aromatic nitrogens is 3. The second-order valence-electron chi connectivity index (χ2n) is 3.45. The van der Waals surface area contributed by atoms with Crippen molar-refractivity contribution < 1.29 is 5.11 Å². The van der Waals surface area contributed by atoms with E-state index in [0.717, 1.165) is 18.5 Å². The normalized spacial score (nSPS) is 11.0. The zero-order valence-electron chi connectivity index (χ0n) is 8.82. The molecule has 2 rings (SSSR count). The molecule has 0 aliphatic heterocycles. The van der Waals surface area contributed by atoms with Gasteiger partial charge in [0.15, 0.2) is 0 Å². The molecule has 0 bridgehead atoms. The van der Waals surface area contributed by atoms with E-state index in [1.54, 1.807) is 23.0 Å². The number of nitrogens with zero attached hydrogens (tertiary/aromatic N) is 3. The molecule has 4 heteroatoms. The van der Waals surface area contributed by atoms with Gasteiger partial charge < -0.3 is 5.11 Å². The van der Waals surface area contributed by atoms with Crippen LogP contribution in [0.5, 0.6) is 5.75 Å². The number of rotatable bonds is 4. The Bertz CT molecular complexity index is 446. The smallest absolute Gasteiger partial charge is 0.115 e. The number of hydrogen-bond donors (Lipinski definition) is 1. The first-order chi connectivity index (χ1) is 7.84. The largest absolute Gasteiger partial charge is 0.508 e. The van der Waals surface area contributed by atoms with Crippen LogP contribution in [0, 0.1) is 0 Å². The molecule has 0 aliphatic rings. The Labute approximate surface area is 93.8 Å². The molecule has 1 N–H and O–H groups in total. The Kier molecular flexibility index (Phi) is 3.33. The third-order valence-electron chi connectivity index (χ3n) is 2.20. The van der Waals surface area contributed by atoms with Gasteiger partial charge in [0.1, 0.15) is 5.75 Å². The highest BCUT2D eigenvalue weighted by Gasteiger charge is 1.89. The van der Waals surface area contributed by atoms with E-state index in [-0.39, 0.29) is 0 Å². The lowest BCUT2D eigenvalue weighted by Gasteiger charge is -1.96. The van der Waals surface area contributed by atoms with Crippen molar-refractivity contribution in [3.63, 3.8) is 0 Å². The van der Waals surface area contributed by atoms with Crippen molar-refractivity contribution in [1.82, 2.24) is 15.0 Å². The minimum atomic E-state index is 0.291. The fourth-order valence-corrected chi connectivity index (χ4v) is 1.36. The molecule has 16 heavy (non-hydrogen) atoms. The molecule has 1 aromatic heterocycles. The van der Waals surface area contributed by atoms with Gasteiger partial charge in [-0.05, 0) is 24.1 Å². The quantitative estimate of drug-likeness (QED) is 0.849. The summed E-state index contributed by atoms with van der Waals surface area (Å²) in [6.45, 7) is 0.828. The maximum atomic E-state index is 9.11. The number of phenolic OH excluding ortho intramolecular Hbond substituents is 1. The Balaban J connectivity index is 1.83. The summed E-state index contributed by atoms with van der Waals surface area (Å²) >= 11 is 0. The summed E-state index contributed by atoms with van der Waals surface area (Å²) in [5.41, 5.74) is 1.08. The Morgan fingerprint density at radius 3 is 2.75 bits per heavy atom. The van der Waals surface area contributed by atoms with Crippen molar-refractivity contribution >= 4 is 6.08 Å². The Morgan fingerprint density at radius 1 is 1.25 bits per heavy atom. The molecule has 0 aliphatic carbocycles.